The maximum atomic E-state index is 12.7. The van der Waals surface area contributed by atoms with Crippen molar-refractivity contribution in [1.82, 2.24) is 0 Å². The number of nitrogens with one attached hydrogen (secondary N) is 1. The number of carbonyl (C=O) groups is 1. The van der Waals surface area contributed by atoms with Crippen molar-refractivity contribution in [2.75, 3.05) is 12.4 Å². The Hall–Kier alpha value is -1.65. The second-order valence-electron chi connectivity index (χ2n) is 4.40. The van der Waals surface area contributed by atoms with Gasteiger partial charge in [0.25, 0.3) is 0 Å². The Bertz CT molecular complexity index is 642. The molecule has 0 bridgehead atoms. The van der Waals surface area contributed by atoms with Gasteiger partial charge >= 0.3 is 0 Å². The van der Waals surface area contributed by atoms with Crippen LogP contribution in [0.3, 0.4) is 0 Å². The molecule has 2 aromatic carbocycles. The highest BCUT2D eigenvalue weighted by Crippen LogP contribution is 2.40. The number of benzene rings is 2. The summed E-state index contributed by atoms with van der Waals surface area (Å²) in [6.45, 7) is 0. The standard InChI is InChI=1S/C15H12BrNO2/c1-19-15(10-5-3-2-4-6-10)14(18)12-9-11(16)7-8-13(12)17-15/h2-9,17H,1H3. The van der Waals surface area contributed by atoms with Crippen molar-refractivity contribution in [2.45, 2.75) is 5.72 Å². The fraction of sp³-hybridized carbons (Fsp3) is 0.133. The van der Waals surface area contributed by atoms with Gasteiger partial charge in [-0.1, -0.05) is 46.3 Å². The van der Waals surface area contributed by atoms with Gasteiger partial charge in [-0.25, -0.2) is 0 Å². The molecule has 1 unspecified atom stereocenters. The van der Waals surface area contributed by atoms with Crippen LogP contribution in [0, 0.1) is 0 Å². The van der Waals surface area contributed by atoms with Crippen molar-refractivity contribution in [3.63, 3.8) is 0 Å². The number of anilines is 1. The first kappa shape index (κ1) is 12.4. The molecule has 2 aromatic rings. The van der Waals surface area contributed by atoms with E-state index in [9.17, 15) is 4.79 Å². The van der Waals surface area contributed by atoms with Gasteiger partial charge in [0, 0.05) is 28.4 Å². The SMILES string of the molecule is COC1(c2ccccc2)Nc2ccc(Br)cc2C1=O. The number of halogens is 1. The van der Waals surface area contributed by atoms with Crippen LogP contribution in [0.4, 0.5) is 5.69 Å². The van der Waals surface area contributed by atoms with E-state index in [1.54, 1.807) is 7.11 Å². The van der Waals surface area contributed by atoms with Crippen LogP contribution in [0.5, 0.6) is 0 Å². The summed E-state index contributed by atoms with van der Waals surface area (Å²) in [5, 5.41) is 3.20. The van der Waals surface area contributed by atoms with Crippen molar-refractivity contribution < 1.29 is 9.53 Å². The number of fused-ring (bicyclic) bond motifs is 1. The van der Waals surface area contributed by atoms with Crippen molar-refractivity contribution >= 4 is 27.4 Å². The van der Waals surface area contributed by atoms with Crippen LogP contribution in [0.15, 0.2) is 53.0 Å². The Kier molecular flexibility index (Phi) is 2.92. The molecule has 0 fully saturated rings. The van der Waals surface area contributed by atoms with E-state index in [-0.39, 0.29) is 5.78 Å². The van der Waals surface area contributed by atoms with Crippen molar-refractivity contribution in [3.8, 4) is 0 Å². The Morgan fingerprint density at radius 3 is 2.58 bits per heavy atom. The molecule has 96 valence electrons. The first-order valence-corrected chi connectivity index (χ1v) is 6.70. The average molecular weight is 318 g/mol. The van der Waals surface area contributed by atoms with Crippen LogP contribution in [0.25, 0.3) is 0 Å². The predicted molar refractivity (Wildman–Crippen MR) is 77.2 cm³/mol. The quantitative estimate of drug-likeness (QED) is 0.920. The molecule has 0 aromatic heterocycles. The number of rotatable bonds is 2. The minimum atomic E-state index is -1.12. The van der Waals surface area contributed by atoms with Gasteiger partial charge in [-0.05, 0) is 18.2 Å². The largest absolute Gasteiger partial charge is 0.348 e. The van der Waals surface area contributed by atoms with E-state index in [0.29, 0.717) is 5.56 Å². The molecule has 0 radical (unpaired) electrons. The summed E-state index contributed by atoms with van der Waals surface area (Å²) in [4.78, 5) is 12.7. The molecule has 1 aliphatic heterocycles. The van der Waals surface area contributed by atoms with E-state index < -0.39 is 5.72 Å². The van der Waals surface area contributed by atoms with Crippen LogP contribution in [-0.2, 0) is 10.5 Å². The van der Waals surface area contributed by atoms with Gasteiger partial charge in [-0.3, -0.25) is 4.79 Å². The molecule has 0 saturated carbocycles. The molecule has 1 heterocycles. The minimum Gasteiger partial charge on any atom is -0.348 e. The highest BCUT2D eigenvalue weighted by atomic mass is 79.9. The van der Waals surface area contributed by atoms with E-state index >= 15 is 0 Å². The van der Waals surface area contributed by atoms with E-state index in [2.05, 4.69) is 21.2 Å². The van der Waals surface area contributed by atoms with E-state index in [4.69, 9.17) is 4.74 Å². The summed E-state index contributed by atoms with van der Waals surface area (Å²) >= 11 is 3.39. The first-order chi connectivity index (χ1) is 9.17. The number of hydrogen-bond donors (Lipinski definition) is 1. The van der Waals surface area contributed by atoms with Crippen LogP contribution in [0.1, 0.15) is 15.9 Å². The lowest BCUT2D eigenvalue weighted by Gasteiger charge is -2.27. The van der Waals surface area contributed by atoms with Crippen molar-refractivity contribution in [3.05, 3.63) is 64.1 Å². The van der Waals surface area contributed by atoms with E-state index in [1.807, 2.05) is 48.5 Å². The number of Topliss-reactive ketones (excluding diaryl/α,β-unsaturated/α-hetero) is 1. The lowest BCUT2D eigenvalue weighted by atomic mass is 9.97. The zero-order chi connectivity index (χ0) is 13.5. The number of methoxy groups -OCH3 is 1. The van der Waals surface area contributed by atoms with Gasteiger partial charge in [0.15, 0.2) is 0 Å². The van der Waals surface area contributed by atoms with Crippen LogP contribution in [-0.4, -0.2) is 12.9 Å². The van der Waals surface area contributed by atoms with Crippen LogP contribution >= 0.6 is 15.9 Å². The Morgan fingerprint density at radius 2 is 1.89 bits per heavy atom. The Labute approximate surface area is 119 Å². The molecular formula is C15H12BrNO2. The molecular weight excluding hydrogens is 306 g/mol. The minimum absolute atomic E-state index is 0.0718. The third-order valence-electron chi connectivity index (χ3n) is 3.34. The number of ether oxygens (including phenoxy) is 1. The van der Waals surface area contributed by atoms with E-state index in [0.717, 1.165) is 15.7 Å². The summed E-state index contributed by atoms with van der Waals surface area (Å²) in [6.07, 6.45) is 0. The zero-order valence-corrected chi connectivity index (χ0v) is 11.9. The molecule has 3 nitrogen and oxygen atoms in total. The maximum absolute atomic E-state index is 12.7. The molecule has 3 rings (SSSR count). The van der Waals surface area contributed by atoms with Crippen LogP contribution < -0.4 is 5.32 Å². The van der Waals surface area contributed by atoms with Crippen LogP contribution in [0.2, 0.25) is 0 Å². The second kappa shape index (κ2) is 4.47. The van der Waals surface area contributed by atoms with Gasteiger partial charge in [0.05, 0.1) is 0 Å². The van der Waals surface area contributed by atoms with Crippen molar-refractivity contribution in [1.29, 1.82) is 0 Å². The molecule has 4 heteroatoms. The highest BCUT2D eigenvalue weighted by molar-refractivity contribution is 9.10. The molecule has 1 aliphatic rings. The smallest absolute Gasteiger partial charge is 0.230 e. The fourth-order valence-electron chi connectivity index (χ4n) is 2.39. The predicted octanol–water partition coefficient (Wildman–Crippen LogP) is 3.56. The lowest BCUT2D eigenvalue weighted by molar-refractivity contribution is 0.0194. The van der Waals surface area contributed by atoms with Gasteiger partial charge < -0.3 is 10.1 Å². The number of hydrogen-bond acceptors (Lipinski definition) is 3. The Balaban J connectivity index is 2.15. The van der Waals surface area contributed by atoms with Crippen molar-refractivity contribution in [2.24, 2.45) is 0 Å². The van der Waals surface area contributed by atoms with Gasteiger partial charge in [0.2, 0.25) is 11.5 Å². The summed E-state index contributed by atoms with van der Waals surface area (Å²) in [5.41, 5.74) is 1.11. The topological polar surface area (TPSA) is 38.3 Å². The lowest BCUT2D eigenvalue weighted by Crippen LogP contribution is -2.40. The normalized spacial score (nSPS) is 21.1. The average Bonchev–Trinajstić information content (AvgIpc) is 2.74. The molecule has 19 heavy (non-hydrogen) atoms. The molecule has 0 amide bonds. The summed E-state index contributed by atoms with van der Waals surface area (Å²) in [6, 6.07) is 15.1. The maximum Gasteiger partial charge on any atom is 0.230 e. The fourth-order valence-corrected chi connectivity index (χ4v) is 2.75. The monoisotopic (exact) mass is 317 g/mol. The van der Waals surface area contributed by atoms with E-state index in [1.165, 1.54) is 0 Å². The van der Waals surface area contributed by atoms with Gasteiger partial charge in [0.1, 0.15) is 0 Å². The van der Waals surface area contributed by atoms with Gasteiger partial charge in [-0.15, -0.1) is 0 Å². The zero-order valence-electron chi connectivity index (χ0n) is 10.3. The Morgan fingerprint density at radius 1 is 1.16 bits per heavy atom. The molecule has 1 N–H and O–H groups in total. The second-order valence-corrected chi connectivity index (χ2v) is 5.31. The number of carbonyl (C=O) groups excluding carboxylic acids is 1. The van der Waals surface area contributed by atoms with Gasteiger partial charge in [-0.2, -0.15) is 0 Å². The number of ketones is 1. The summed E-state index contributed by atoms with van der Waals surface area (Å²) in [5.74, 6) is -0.0718. The summed E-state index contributed by atoms with van der Waals surface area (Å²) in [7, 11) is 1.54. The molecule has 0 aliphatic carbocycles. The summed E-state index contributed by atoms with van der Waals surface area (Å²) < 4.78 is 6.42. The molecule has 0 spiro atoms. The molecule has 0 saturated heterocycles. The molecule has 1 atom stereocenters. The first-order valence-electron chi connectivity index (χ1n) is 5.90. The third kappa shape index (κ3) is 1.79. The highest BCUT2D eigenvalue weighted by Gasteiger charge is 2.47. The third-order valence-corrected chi connectivity index (χ3v) is 3.84.